The maximum atomic E-state index is 5.87. The zero-order valence-corrected chi connectivity index (χ0v) is 18.9. The van der Waals surface area contributed by atoms with Crippen molar-refractivity contribution < 1.29 is 4.74 Å². The molecule has 0 unspecified atom stereocenters. The van der Waals surface area contributed by atoms with Crippen LogP contribution < -0.4 is 10.1 Å². The quantitative estimate of drug-likeness (QED) is 0.226. The Kier molecular flexibility index (Phi) is 6.93. The third kappa shape index (κ3) is 4.86. The molecule has 2 heterocycles. The van der Waals surface area contributed by atoms with Crippen molar-refractivity contribution >= 4 is 44.8 Å². The lowest BCUT2D eigenvalue weighted by molar-refractivity contribution is 0.305. The lowest BCUT2D eigenvalue weighted by Crippen LogP contribution is -2.02. The highest BCUT2D eigenvalue weighted by Crippen LogP contribution is 2.40. The Bertz CT molecular complexity index is 953. The predicted molar refractivity (Wildman–Crippen MR) is 125 cm³/mol. The normalized spacial score (nSPS) is 13.4. The van der Waals surface area contributed by atoms with Crippen LogP contribution in [0.4, 0.5) is 11.5 Å². The topological polar surface area (TPSA) is 47.0 Å². The van der Waals surface area contributed by atoms with Crippen LogP contribution in [0.2, 0.25) is 0 Å². The number of fused-ring (bicyclic) bond motifs is 3. The number of benzene rings is 1. The summed E-state index contributed by atoms with van der Waals surface area (Å²) in [6, 6.07) is 8.23. The van der Waals surface area contributed by atoms with E-state index in [0.29, 0.717) is 0 Å². The van der Waals surface area contributed by atoms with Crippen LogP contribution in [-0.4, -0.2) is 22.8 Å². The van der Waals surface area contributed by atoms with E-state index in [1.54, 1.807) is 11.8 Å². The maximum absolute atomic E-state index is 5.87. The van der Waals surface area contributed by atoms with E-state index < -0.39 is 0 Å². The van der Waals surface area contributed by atoms with Crippen molar-refractivity contribution in [3.05, 3.63) is 34.7 Å². The number of nitrogens with zero attached hydrogens (tertiary/aromatic N) is 2. The zero-order chi connectivity index (χ0) is 20.1. The molecule has 0 spiro atoms. The summed E-state index contributed by atoms with van der Waals surface area (Å²) in [5, 5.41) is 5.60. The highest BCUT2D eigenvalue weighted by atomic mass is 32.2. The lowest BCUT2D eigenvalue weighted by atomic mass is 9.97. The molecule has 0 saturated heterocycles. The van der Waals surface area contributed by atoms with Gasteiger partial charge in [0.1, 0.15) is 16.4 Å². The van der Waals surface area contributed by atoms with Crippen LogP contribution in [0.15, 0.2) is 29.4 Å². The van der Waals surface area contributed by atoms with Crippen molar-refractivity contribution in [1.82, 2.24) is 9.97 Å². The molecule has 154 valence electrons. The zero-order valence-electron chi connectivity index (χ0n) is 17.3. The van der Waals surface area contributed by atoms with Crippen LogP contribution in [-0.2, 0) is 12.8 Å². The number of aryl methyl sites for hydroxylation is 2. The molecule has 0 radical (unpaired) electrons. The monoisotopic (exact) mass is 427 g/mol. The first kappa shape index (κ1) is 20.5. The van der Waals surface area contributed by atoms with Crippen molar-refractivity contribution in [2.75, 3.05) is 18.2 Å². The number of ether oxygens (including phenoxy) is 1. The Morgan fingerprint density at radius 1 is 1.07 bits per heavy atom. The molecule has 0 aliphatic heterocycles. The minimum atomic E-state index is 0.789. The van der Waals surface area contributed by atoms with E-state index in [1.165, 1.54) is 54.4 Å². The summed E-state index contributed by atoms with van der Waals surface area (Å²) in [7, 11) is 0. The van der Waals surface area contributed by atoms with E-state index in [0.717, 1.165) is 46.7 Å². The SMILES string of the molecule is CCCCCCOc1ccc(Nc2nc(SC)nc3sc4c(c23)CCCC4)cc1. The van der Waals surface area contributed by atoms with Crippen molar-refractivity contribution in [3.8, 4) is 5.75 Å². The smallest absolute Gasteiger partial charge is 0.190 e. The molecule has 4 nitrogen and oxygen atoms in total. The van der Waals surface area contributed by atoms with Gasteiger partial charge in [-0.05, 0) is 68.2 Å². The van der Waals surface area contributed by atoms with Gasteiger partial charge in [0.05, 0.1) is 12.0 Å². The summed E-state index contributed by atoms with van der Waals surface area (Å²) in [6.45, 7) is 3.02. The summed E-state index contributed by atoms with van der Waals surface area (Å²) < 4.78 is 5.87. The molecular formula is C23H29N3OS2. The Morgan fingerprint density at radius 3 is 2.69 bits per heavy atom. The summed E-state index contributed by atoms with van der Waals surface area (Å²) in [6.07, 6.45) is 11.8. The molecule has 2 aromatic heterocycles. The molecule has 0 saturated carbocycles. The van der Waals surface area contributed by atoms with E-state index >= 15 is 0 Å². The fourth-order valence-corrected chi connectivity index (χ4v) is 5.49. The fraction of sp³-hybridized carbons (Fsp3) is 0.478. The number of thioether (sulfide) groups is 1. The largest absolute Gasteiger partial charge is 0.494 e. The second-order valence-corrected chi connectivity index (χ2v) is 9.37. The molecule has 1 aromatic carbocycles. The first-order chi connectivity index (χ1) is 14.3. The van der Waals surface area contributed by atoms with Gasteiger partial charge in [-0.3, -0.25) is 0 Å². The molecule has 0 atom stereocenters. The van der Waals surface area contributed by atoms with E-state index in [4.69, 9.17) is 14.7 Å². The minimum Gasteiger partial charge on any atom is -0.494 e. The first-order valence-corrected chi connectivity index (χ1v) is 12.7. The van der Waals surface area contributed by atoms with Crippen molar-refractivity contribution in [1.29, 1.82) is 0 Å². The number of hydrogen-bond acceptors (Lipinski definition) is 6. The lowest BCUT2D eigenvalue weighted by Gasteiger charge is -2.13. The predicted octanol–water partition coefficient (Wildman–Crippen LogP) is 6.99. The number of hydrogen-bond donors (Lipinski definition) is 1. The molecule has 1 N–H and O–H groups in total. The fourth-order valence-electron chi connectivity index (χ4n) is 3.81. The molecule has 3 aromatic rings. The Morgan fingerprint density at radius 2 is 1.90 bits per heavy atom. The summed E-state index contributed by atoms with van der Waals surface area (Å²) in [4.78, 5) is 12.2. The van der Waals surface area contributed by atoms with Crippen LogP contribution in [0.25, 0.3) is 10.2 Å². The molecule has 29 heavy (non-hydrogen) atoms. The minimum absolute atomic E-state index is 0.789. The summed E-state index contributed by atoms with van der Waals surface area (Å²) in [5.41, 5.74) is 2.49. The molecule has 1 aliphatic carbocycles. The summed E-state index contributed by atoms with van der Waals surface area (Å²) in [5.74, 6) is 1.87. The van der Waals surface area contributed by atoms with Crippen molar-refractivity contribution in [2.45, 2.75) is 63.4 Å². The van der Waals surface area contributed by atoms with Crippen molar-refractivity contribution in [3.63, 3.8) is 0 Å². The number of anilines is 2. The molecule has 1 aliphatic rings. The van der Waals surface area contributed by atoms with Gasteiger partial charge in [-0.1, -0.05) is 37.9 Å². The standard InChI is InChI=1S/C23H29N3OS2/c1-3-4-5-8-15-27-17-13-11-16(12-14-17)24-21-20-18-9-6-7-10-19(18)29-22(20)26-23(25-21)28-2/h11-14H,3-10,15H2,1-2H3,(H,24,25,26). The first-order valence-electron chi connectivity index (χ1n) is 10.6. The molecule has 0 amide bonds. The second kappa shape index (κ2) is 9.81. The molecule has 0 fully saturated rings. The van der Waals surface area contributed by atoms with Gasteiger partial charge in [0.2, 0.25) is 0 Å². The van der Waals surface area contributed by atoms with Gasteiger partial charge >= 0.3 is 0 Å². The maximum Gasteiger partial charge on any atom is 0.190 e. The molecular weight excluding hydrogens is 398 g/mol. The average molecular weight is 428 g/mol. The Hall–Kier alpha value is -1.79. The number of nitrogens with one attached hydrogen (secondary N) is 1. The average Bonchev–Trinajstić information content (AvgIpc) is 3.13. The number of aromatic nitrogens is 2. The molecule has 4 rings (SSSR count). The Labute approximate surface area is 181 Å². The number of rotatable bonds is 9. The number of thiophene rings is 1. The van der Waals surface area contributed by atoms with Gasteiger partial charge in [0.15, 0.2) is 5.16 Å². The third-order valence-electron chi connectivity index (χ3n) is 5.36. The Balaban J connectivity index is 1.52. The number of unbranched alkanes of at least 4 members (excludes halogenated alkanes) is 3. The van der Waals surface area contributed by atoms with Gasteiger partial charge in [-0.15, -0.1) is 11.3 Å². The molecule has 0 bridgehead atoms. The van der Waals surface area contributed by atoms with Gasteiger partial charge < -0.3 is 10.1 Å². The summed E-state index contributed by atoms with van der Waals surface area (Å²) >= 11 is 3.44. The van der Waals surface area contributed by atoms with Gasteiger partial charge in [-0.2, -0.15) is 0 Å². The molecule has 6 heteroatoms. The van der Waals surface area contributed by atoms with Crippen LogP contribution in [0.1, 0.15) is 55.9 Å². The van der Waals surface area contributed by atoms with Gasteiger partial charge in [-0.25, -0.2) is 9.97 Å². The second-order valence-electron chi connectivity index (χ2n) is 7.51. The van der Waals surface area contributed by atoms with E-state index in [2.05, 4.69) is 24.4 Å². The third-order valence-corrected chi connectivity index (χ3v) is 7.09. The van der Waals surface area contributed by atoms with E-state index in [9.17, 15) is 0 Å². The van der Waals surface area contributed by atoms with E-state index in [1.807, 2.05) is 29.7 Å². The van der Waals surface area contributed by atoms with E-state index in [-0.39, 0.29) is 0 Å². The van der Waals surface area contributed by atoms with Gasteiger partial charge in [0, 0.05) is 10.6 Å². The van der Waals surface area contributed by atoms with Crippen LogP contribution >= 0.6 is 23.1 Å². The van der Waals surface area contributed by atoms with Gasteiger partial charge in [0.25, 0.3) is 0 Å². The van der Waals surface area contributed by atoms with Crippen LogP contribution in [0, 0.1) is 0 Å². The van der Waals surface area contributed by atoms with Crippen molar-refractivity contribution in [2.24, 2.45) is 0 Å². The van der Waals surface area contributed by atoms with Crippen LogP contribution in [0.3, 0.4) is 0 Å². The highest BCUT2D eigenvalue weighted by Gasteiger charge is 2.21. The highest BCUT2D eigenvalue weighted by molar-refractivity contribution is 7.98. The van der Waals surface area contributed by atoms with Crippen LogP contribution in [0.5, 0.6) is 5.75 Å².